The Balaban J connectivity index is 1.83. The minimum atomic E-state index is -0.342. The van der Waals surface area contributed by atoms with Crippen molar-refractivity contribution in [1.29, 1.82) is 0 Å². The molecular formula is C24H28N2O4. The average molecular weight is 408 g/mol. The lowest BCUT2D eigenvalue weighted by atomic mass is 9.79. The normalized spacial score (nSPS) is 20.6. The number of benzene rings is 2. The highest BCUT2D eigenvalue weighted by atomic mass is 16.5. The van der Waals surface area contributed by atoms with Gasteiger partial charge < -0.3 is 19.1 Å². The van der Waals surface area contributed by atoms with E-state index in [4.69, 9.17) is 19.2 Å². The van der Waals surface area contributed by atoms with Crippen LogP contribution in [0.5, 0.6) is 11.5 Å². The van der Waals surface area contributed by atoms with E-state index in [9.17, 15) is 4.79 Å². The zero-order valence-electron chi connectivity index (χ0n) is 18.0. The molecule has 0 amide bonds. The Morgan fingerprint density at radius 3 is 2.60 bits per heavy atom. The van der Waals surface area contributed by atoms with Crippen molar-refractivity contribution >= 4 is 11.7 Å². The van der Waals surface area contributed by atoms with Gasteiger partial charge in [-0.25, -0.2) is 4.79 Å². The summed E-state index contributed by atoms with van der Waals surface area (Å²) in [7, 11) is 5.21. The first-order valence-electron chi connectivity index (χ1n) is 10.4. The van der Waals surface area contributed by atoms with Gasteiger partial charge in [0.1, 0.15) is 0 Å². The number of hydrogen-bond acceptors (Lipinski definition) is 6. The molecule has 2 aliphatic heterocycles. The number of likely N-dealkylation sites (N-methyl/N-ethyl adjacent to an activating group) is 1. The number of nitrogens with zero attached hydrogens (tertiary/aromatic N) is 2. The van der Waals surface area contributed by atoms with Crippen LogP contribution in [0.1, 0.15) is 46.3 Å². The van der Waals surface area contributed by atoms with E-state index in [0.717, 1.165) is 42.1 Å². The predicted molar refractivity (Wildman–Crippen MR) is 116 cm³/mol. The van der Waals surface area contributed by atoms with E-state index in [1.165, 1.54) is 12.7 Å². The van der Waals surface area contributed by atoms with Crippen LogP contribution in [0.2, 0.25) is 0 Å². The van der Waals surface area contributed by atoms with Crippen LogP contribution in [0.15, 0.2) is 41.4 Å². The molecule has 30 heavy (non-hydrogen) atoms. The van der Waals surface area contributed by atoms with Gasteiger partial charge in [-0.15, -0.1) is 0 Å². The maximum absolute atomic E-state index is 11.8. The SMILES string of the molecule is CCOc1cc2c(cc1OC)C(c1ccc(C(=O)OC)cc1)=NC1CCN(C)CC21. The summed E-state index contributed by atoms with van der Waals surface area (Å²) in [5, 5.41) is 0. The molecule has 4 rings (SSSR count). The van der Waals surface area contributed by atoms with Crippen LogP contribution in [0.3, 0.4) is 0 Å². The molecule has 2 aromatic rings. The molecule has 0 N–H and O–H groups in total. The Hall–Kier alpha value is -2.86. The first-order chi connectivity index (χ1) is 14.5. The second kappa shape index (κ2) is 8.48. The van der Waals surface area contributed by atoms with Crippen molar-refractivity contribution in [3.05, 3.63) is 58.7 Å². The predicted octanol–water partition coefficient (Wildman–Crippen LogP) is 3.52. The molecule has 2 aliphatic rings. The summed E-state index contributed by atoms with van der Waals surface area (Å²) in [5.41, 5.74) is 4.76. The van der Waals surface area contributed by atoms with E-state index < -0.39 is 0 Å². The summed E-state index contributed by atoms with van der Waals surface area (Å²) in [5.74, 6) is 1.46. The lowest BCUT2D eigenvalue weighted by Crippen LogP contribution is -2.41. The fourth-order valence-electron chi connectivity index (χ4n) is 4.43. The van der Waals surface area contributed by atoms with Gasteiger partial charge in [0.15, 0.2) is 11.5 Å². The molecule has 0 bridgehead atoms. The third-order valence-corrected chi connectivity index (χ3v) is 5.94. The fraction of sp³-hybridized carbons (Fsp3) is 0.417. The van der Waals surface area contributed by atoms with Gasteiger partial charge in [-0.05, 0) is 56.8 Å². The summed E-state index contributed by atoms with van der Waals surface area (Å²) >= 11 is 0. The largest absolute Gasteiger partial charge is 0.493 e. The highest BCUT2D eigenvalue weighted by Crippen LogP contribution is 2.42. The van der Waals surface area contributed by atoms with Gasteiger partial charge in [0, 0.05) is 23.6 Å². The highest BCUT2D eigenvalue weighted by molar-refractivity contribution is 6.15. The van der Waals surface area contributed by atoms with E-state index in [1.807, 2.05) is 25.1 Å². The first-order valence-corrected chi connectivity index (χ1v) is 10.4. The van der Waals surface area contributed by atoms with Crippen LogP contribution in [0.25, 0.3) is 0 Å². The molecular weight excluding hydrogens is 380 g/mol. The number of fused-ring (bicyclic) bond motifs is 3. The van der Waals surface area contributed by atoms with Gasteiger partial charge in [-0.3, -0.25) is 4.99 Å². The number of piperidine rings is 1. The van der Waals surface area contributed by atoms with Crippen molar-refractivity contribution in [3.8, 4) is 11.5 Å². The number of esters is 1. The smallest absolute Gasteiger partial charge is 0.337 e. The number of carbonyl (C=O) groups excluding carboxylic acids is 1. The van der Waals surface area contributed by atoms with Crippen molar-refractivity contribution in [2.75, 3.05) is 41.0 Å². The lowest BCUT2D eigenvalue weighted by Gasteiger charge is -2.39. The first kappa shape index (κ1) is 20.4. The van der Waals surface area contributed by atoms with Crippen LogP contribution >= 0.6 is 0 Å². The second-order valence-corrected chi connectivity index (χ2v) is 7.79. The second-order valence-electron chi connectivity index (χ2n) is 7.79. The molecule has 6 heteroatoms. The van der Waals surface area contributed by atoms with Gasteiger partial charge in [0.25, 0.3) is 0 Å². The lowest BCUT2D eigenvalue weighted by molar-refractivity contribution is 0.0600. The molecule has 158 valence electrons. The number of methoxy groups -OCH3 is 2. The molecule has 1 fully saturated rings. The van der Waals surface area contributed by atoms with Crippen LogP contribution in [-0.4, -0.2) is 63.6 Å². The zero-order valence-corrected chi connectivity index (χ0v) is 18.0. The van der Waals surface area contributed by atoms with Gasteiger partial charge in [0.2, 0.25) is 0 Å². The summed E-state index contributed by atoms with van der Waals surface area (Å²) < 4.78 is 16.3. The third kappa shape index (κ3) is 3.67. The van der Waals surface area contributed by atoms with Crippen LogP contribution < -0.4 is 9.47 Å². The Morgan fingerprint density at radius 1 is 1.17 bits per heavy atom. The summed E-state index contributed by atoms with van der Waals surface area (Å²) in [6, 6.07) is 11.8. The van der Waals surface area contributed by atoms with Gasteiger partial charge in [0.05, 0.1) is 38.1 Å². The molecule has 0 aliphatic carbocycles. The summed E-state index contributed by atoms with van der Waals surface area (Å²) in [6.07, 6.45) is 1.01. The molecule has 2 heterocycles. The van der Waals surface area contributed by atoms with Gasteiger partial charge in [-0.1, -0.05) is 12.1 Å². The summed E-state index contributed by atoms with van der Waals surface area (Å²) in [6.45, 7) is 4.56. The highest BCUT2D eigenvalue weighted by Gasteiger charge is 2.36. The Labute approximate surface area is 177 Å². The number of hydrogen-bond donors (Lipinski definition) is 0. The molecule has 0 spiro atoms. The monoisotopic (exact) mass is 408 g/mol. The molecule has 2 unspecified atom stereocenters. The number of likely N-dealkylation sites (tertiary alicyclic amines) is 1. The number of carbonyl (C=O) groups is 1. The standard InChI is InChI=1S/C24H28N2O4/c1-5-30-22-12-17-18(13-21(22)28-3)23(25-20-10-11-26(2)14-19(17)20)15-6-8-16(9-7-15)24(27)29-4/h6-9,12-13,19-20H,5,10-11,14H2,1-4H3. The topological polar surface area (TPSA) is 60.4 Å². The third-order valence-electron chi connectivity index (χ3n) is 5.94. The van der Waals surface area contributed by atoms with Crippen LogP contribution in [-0.2, 0) is 4.74 Å². The van der Waals surface area contributed by atoms with Crippen LogP contribution in [0, 0.1) is 0 Å². The van der Waals surface area contributed by atoms with Crippen molar-refractivity contribution < 1.29 is 19.0 Å². The number of aliphatic imine (C=N–C) groups is 1. The Morgan fingerprint density at radius 2 is 1.93 bits per heavy atom. The van der Waals surface area contributed by atoms with E-state index in [1.54, 1.807) is 19.2 Å². The Bertz CT molecular complexity index is 968. The maximum Gasteiger partial charge on any atom is 0.337 e. The maximum atomic E-state index is 11.8. The Kier molecular flexibility index (Phi) is 5.77. The molecule has 0 saturated carbocycles. The molecule has 0 radical (unpaired) electrons. The van der Waals surface area contributed by atoms with Crippen molar-refractivity contribution in [1.82, 2.24) is 4.90 Å². The quantitative estimate of drug-likeness (QED) is 0.709. The van der Waals surface area contributed by atoms with E-state index in [2.05, 4.69) is 18.0 Å². The van der Waals surface area contributed by atoms with Gasteiger partial charge >= 0.3 is 5.97 Å². The van der Waals surface area contributed by atoms with Crippen LogP contribution in [0.4, 0.5) is 0 Å². The zero-order chi connectivity index (χ0) is 21.3. The molecule has 6 nitrogen and oxygen atoms in total. The summed E-state index contributed by atoms with van der Waals surface area (Å²) in [4.78, 5) is 19.3. The molecule has 0 aromatic heterocycles. The molecule has 2 atom stereocenters. The van der Waals surface area contributed by atoms with Gasteiger partial charge in [-0.2, -0.15) is 0 Å². The van der Waals surface area contributed by atoms with E-state index >= 15 is 0 Å². The van der Waals surface area contributed by atoms with Crippen molar-refractivity contribution in [2.24, 2.45) is 4.99 Å². The van der Waals surface area contributed by atoms with E-state index in [0.29, 0.717) is 23.8 Å². The van der Waals surface area contributed by atoms with Crippen molar-refractivity contribution in [3.63, 3.8) is 0 Å². The van der Waals surface area contributed by atoms with E-state index in [-0.39, 0.29) is 12.0 Å². The molecule has 1 saturated heterocycles. The molecule has 2 aromatic carbocycles. The minimum absolute atomic E-state index is 0.229. The number of ether oxygens (including phenoxy) is 3. The van der Waals surface area contributed by atoms with Crippen molar-refractivity contribution in [2.45, 2.75) is 25.3 Å². The number of rotatable bonds is 5. The minimum Gasteiger partial charge on any atom is -0.493 e. The fourth-order valence-corrected chi connectivity index (χ4v) is 4.43. The average Bonchev–Trinajstić information content (AvgIpc) is 2.78.